The van der Waals surface area contributed by atoms with Crippen molar-refractivity contribution in [3.05, 3.63) is 64.0 Å². The van der Waals surface area contributed by atoms with Gasteiger partial charge in [-0.1, -0.05) is 18.2 Å². The number of nitro groups is 1. The van der Waals surface area contributed by atoms with Crippen molar-refractivity contribution in [3.63, 3.8) is 0 Å². The molecule has 3 rings (SSSR count). The highest BCUT2D eigenvalue weighted by Crippen LogP contribution is 2.28. The first-order chi connectivity index (χ1) is 13.9. The van der Waals surface area contributed by atoms with Crippen LogP contribution in [0.3, 0.4) is 0 Å². The highest BCUT2D eigenvalue weighted by molar-refractivity contribution is 8.00. The standard InChI is InChI=1S/C19H16N4O4S2/c1-12(24)20-14-5-3-7-16(9-14)28-11-18(25)22-19-21-17(10-29-19)13-4-2-6-15(8-13)23(26)27/h2-10H,11H2,1H3,(H,20,24)(H,21,22,25). The molecule has 8 nitrogen and oxygen atoms in total. The predicted molar refractivity (Wildman–Crippen MR) is 114 cm³/mol. The highest BCUT2D eigenvalue weighted by Gasteiger charge is 2.12. The van der Waals surface area contributed by atoms with E-state index in [2.05, 4.69) is 15.6 Å². The molecule has 0 aliphatic carbocycles. The van der Waals surface area contributed by atoms with Crippen molar-refractivity contribution in [2.75, 3.05) is 16.4 Å². The third-order valence-corrected chi connectivity index (χ3v) is 5.38. The molecule has 0 saturated heterocycles. The van der Waals surface area contributed by atoms with Crippen LogP contribution in [-0.4, -0.2) is 27.5 Å². The highest BCUT2D eigenvalue weighted by atomic mass is 32.2. The van der Waals surface area contributed by atoms with Gasteiger partial charge in [0.25, 0.3) is 5.69 Å². The monoisotopic (exact) mass is 428 g/mol. The molecule has 29 heavy (non-hydrogen) atoms. The molecule has 3 aromatic rings. The fourth-order valence-electron chi connectivity index (χ4n) is 2.41. The van der Waals surface area contributed by atoms with Crippen LogP contribution in [0.4, 0.5) is 16.5 Å². The summed E-state index contributed by atoms with van der Waals surface area (Å²) in [6, 6.07) is 13.4. The molecule has 2 amide bonds. The molecular formula is C19H16N4O4S2. The third-order valence-electron chi connectivity index (χ3n) is 3.63. The molecule has 1 aromatic heterocycles. The number of benzene rings is 2. The number of anilines is 2. The van der Waals surface area contributed by atoms with Crippen LogP contribution in [0.5, 0.6) is 0 Å². The molecule has 0 bridgehead atoms. The zero-order valence-corrected chi connectivity index (χ0v) is 16.9. The fraction of sp³-hybridized carbons (Fsp3) is 0.105. The van der Waals surface area contributed by atoms with Gasteiger partial charge in [-0.2, -0.15) is 0 Å². The fourth-order valence-corrected chi connectivity index (χ4v) is 3.90. The zero-order chi connectivity index (χ0) is 20.8. The Hall–Kier alpha value is -3.24. The first-order valence-electron chi connectivity index (χ1n) is 8.41. The Morgan fingerprint density at radius 3 is 2.72 bits per heavy atom. The average Bonchev–Trinajstić information content (AvgIpc) is 3.15. The van der Waals surface area contributed by atoms with Gasteiger partial charge < -0.3 is 10.6 Å². The van der Waals surface area contributed by atoms with E-state index in [1.54, 1.807) is 35.7 Å². The number of hydrogen-bond donors (Lipinski definition) is 2. The summed E-state index contributed by atoms with van der Waals surface area (Å²) in [5.41, 5.74) is 1.83. The zero-order valence-electron chi connectivity index (χ0n) is 15.2. The number of carbonyl (C=O) groups is 2. The minimum absolute atomic E-state index is 0.0148. The van der Waals surface area contributed by atoms with Crippen molar-refractivity contribution in [1.29, 1.82) is 0 Å². The van der Waals surface area contributed by atoms with Crippen molar-refractivity contribution in [2.45, 2.75) is 11.8 Å². The molecular weight excluding hydrogens is 412 g/mol. The molecule has 0 aliphatic rings. The summed E-state index contributed by atoms with van der Waals surface area (Å²) in [5, 5.41) is 18.5. The van der Waals surface area contributed by atoms with Crippen LogP contribution in [0.15, 0.2) is 58.8 Å². The van der Waals surface area contributed by atoms with Crippen LogP contribution < -0.4 is 10.6 Å². The van der Waals surface area contributed by atoms with E-state index in [0.29, 0.717) is 22.1 Å². The average molecular weight is 428 g/mol. The van der Waals surface area contributed by atoms with E-state index in [1.807, 2.05) is 6.07 Å². The lowest BCUT2D eigenvalue weighted by Crippen LogP contribution is -2.13. The van der Waals surface area contributed by atoms with Crippen molar-refractivity contribution in [2.24, 2.45) is 0 Å². The van der Waals surface area contributed by atoms with Crippen molar-refractivity contribution in [3.8, 4) is 11.3 Å². The van der Waals surface area contributed by atoms with Gasteiger partial charge in [-0.05, 0) is 18.2 Å². The minimum Gasteiger partial charge on any atom is -0.326 e. The van der Waals surface area contributed by atoms with Crippen LogP contribution in [0, 0.1) is 10.1 Å². The lowest BCUT2D eigenvalue weighted by Gasteiger charge is -2.05. The molecule has 0 aliphatic heterocycles. The smallest absolute Gasteiger partial charge is 0.270 e. The summed E-state index contributed by atoms with van der Waals surface area (Å²) >= 11 is 2.58. The second-order valence-corrected chi connectivity index (χ2v) is 7.80. The largest absolute Gasteiger partial charge is 0.326 e. The molecule has 2 aromatic carbocycles. The Morgan fingerprint density at radius 2 is 1.97 bits per heavy atom. The van der Waals surface area contributed by atoms with Crippen LogP contribution in [0.25, 0.3) is 11.3 Å². The molecule has 0 fully saturated rings. The number of thioether (sulfide) groups is 1. The number of carbonyl (C=O) groups excluding carboxylic acids is 2. The van der Waals surface area contributed by atoms with Gasteiger partial charge in [0.05, 0.1) is 16.4 Å². The number of hydrogen-bond acceptors (Lipinski definition) is 7. The number of non-ortho nitro benzene ring substituents is 1. The number of nitrogens with one attached hydrogen (secondary N) is 2. The second kappa shape index (κ2) is 9.30. The number of rotatable bonds is 7. The Balaban J connectivity index is 1.59. The summed E-state index contributed by atoms with van der Waals surface area (Å²) < 4.78 is 0. The molecule has 0 atom stereocenters. The van der Waals surface area contributed by atoms with Crippen LogP contribution in [0.1, 0.15) is 6.92 Å². The van der Waals surface area contributed by atoms with Crippen molar-refractivity contribution < 1.29 is 14.5 Å². The Labute approximate surface area is 174 Å². The van der Waals surface area contributed by atoms with Gasteiger partial charge in [-0.25, -0.2) is 4.98 Å². The number of aromatic nitrogens is 1. The van der Waals surface area contributed by atoms with E-state index >= 15 is 0 Å². The SMILES string of the molecule is CC(=O)Nc1cccc(SCC(=O)Nc2nc(-c3cccc([N+](=O)[O-])c3)cs2)c1. The van der Waals surface area contributed by atoms with E-state index in [1.165, 1.54) is 42.2 Å². The van der Waals surface area contributed by atoms with E-state index < -0.39 is 4.92 Å². The topological polar surface area (TPSA) is 114 Å². The quantitative estimate of drug-likeness (QED) is 0.327. The molecule has 148 valence electrons. The predicted octanol–water partition coefficient (Wildman–Crippen LogP) is 4.41. The van der Waals surface area contributed by atoms with Gasteiger partial charge in [0, 0.05) is 40.6 Å². The maximum Gasteiger partial charge on any atom is 0.270 e. The summed E-state index contributed by atoms with van der Waals surface area (Å²) in [5.74, 6) is -0.206. The lowest BCUT2D eigenvalue weighted by molar-refractivity contribution is -0.384. The van der Waals surface area contributed by atoms with Crippen LogP contribution in [0.2, 0.25) is 0 Å². The number of nitrogens with zero attached hydrogens (tertiary/aromatic N) is 2. The normalized spacial score (nSPS) is 10.4. The molecule has 2 N–H and O–H groups in total. The minimum atomic E-state index is -0.462. The molecule has 1 heterocycles. The summed E-state index contributed by atoms with van der Waals surface area (Å²) in [7, 11) is 0. The van der Waals surface area contributed by atoms with Gasteiger partial charge in [0.1, 0.15) is 0 Å². The summed E-state index contributed by atoms with van der Waals surface area (Å²) in [4.78, 5) is 39.0. The van der Waals surface area contributed by atoms with E-state index in [-0.39, 0.29) is 23.3 Å². The van der Waals surface area contributed by atoms with E-state index in [9.17, 15) is 19.7 Å². The molecule has 0 spiro atoms. The summed E-state index contributed by atoms with van der Waals surface area (Å²) in [6.45, 7) is 1.43. The Kier molecular flexibility index (Phi) is 6.57. The van der Waals surface area contributed by atoms with E-state index in [4.69, 9.17) is 0 Å². The van der Waals surface area contributed by atoms with Crippen LogP contribution >= 0.6 is 23.1 Å². The maximum atomic E-state index is 12.2. The Bertz CT molecular complexity index is 1070. The summed E-state index contributed by atoms with van der Waals surface area (Å²) in [6.07, 6.45) is 0. The van der Waals surface area contributed by atoms with Gasteiger partial charge in [-0.3, -0.25) is 19.7 Å². The van der Waals surface area contributed by atoms with E-state index in [0.717, 1.165) is 4.90 Å². The third kappa shape index (κ3) is 5.87. The molecule has 10 heteroatoms. The molecule has 0 unspecified atom stereocenters. The van der Waals surface area contributed by atoms with Gasteiger partial charge in [0.15, 0.2) is 5.13 Å². The first kappa shape index (κ1) is 20.5. The lowest BCUT2D eigenvalue weighted by atomic mass is 10.1. The van der Waals surface area contributed by atoms with Gasteiger partial charge in [0.2, 0.25) is 11.8 Å². The van der Waals surface area contributed by atoms with Gasteiger partial charge in [-0.15, -0.1) is 23.1 Å². The second-order valence-electron chi connectivity index (χ2n) is 5.89. The number of nitro benzene ring substituents is 1. The molecule has 0 radical (unpaired) electrons. The maximum absolute atomic E-state index is 12.2. The Morgan fingerprint density at radius 1 is 1.17 bits per heavy atom. The van der Waals surface area contributed by atoms with Crippen LogP contribution in [-0.2, 0) is 9.59 Å². The number of amides is 2. The van der Waals surface area contributed by atoms with Gasteiger partial charge >= 0.3 is 0 Å². The number of thiazole rings is 1. The van der Waals surface area contributed by atoms with Crippen molar-refractivity contribution >= 4 is 51.4 Å². The van der Waals surface area contributed by atoms with Crippen molar-refractivity contribution in [1.82, 2.24) is 4.98 Å². The first-order valence-corrected chi connectivity index (χ1v) is 10.3. The molecule has 0 saturated carbocycles.